The van der Waals surface area contributed by atoms with Crippen LogP contribution in [-0.2, 0) is 17.9 Å². The first kappa shape index (κ1) is 16.8. The fraction of sp³-hybridized carbons (Fsp3) is 0.158. The molecule has 0 spiro atoms. The maximum atomic E-state index is 12.5. The molecule has 0 saturated heterocycles. The molecule has 0 radical (unpaired) electrons. The molecule has 0 fully saturated rings. The van der Waals surface area contributed by atoms with E-state index in [0.717, 1.165) is 5.56 Å². The van der Waals surface area contributed by atoms with Gasteiger partial charge in [0.05, 0.1) is 12.1 Å². The second-order valence-electron chi connectivity index (χ2n) is 6.09. The van der Waals surface area contributed by atoms with Crippen LogP contribution in [0.15, 0.2) is 68.6 Å². The Morgan fingerprint density at radius 1 is 1.22 bits per heavy atom. The van der Waals surface area contributed by atoms with Gasteiger partial charge in [-0.1, -0.05) is 17.3 Å². The van der Waals surface area contributed by atoms with Crippen LogP contribution in [0.3, 0.4) is 0 Å². The molecule has 4 aromatic rings. The van der Waals surface area contributed by atoms with Crippen molar-refractivity contribution in [3.05, 3.63) is 71.2 Å². The van der Waals surface area contributed by atoms with Crippen molar-refractivity contribution in [2.24, 2.45) is 0 Å². The molecule has 0 aliphatic carbocycles. The summed E-state index contributed by atoms with van der Waals surface area (Å²) in [5.74, 6) is -0.270. The lowest BCUT2D eigenvalue weighted by Crippen LogP contribution is -2.32. The Balaban J connectivity index is 1.48. The second kappa shape index (κ2) is 6.91. The summed E-state index contributed by atoms with van der Waals surface area (Å²) in [6.45, 7) is 0.118. The maximum Gasteiger partial charge on any atom is 0.420 e. The number of amides is 1. The zero-order valence-electron chi connectivity index (χ0n) is 14.5. The third-order valence-electron chi connectivity index (χ3n) is 4.20. The number of fused-ring (bicyclic) bond motifs is 1. The molecule has 3 aromatic heterocycles. The lowest BCUT2D eigenvalue weighted by Gasteiger charge is -2.15. The quantitative estimate of drug-likeness (QED) is 0.539. The highest BCUT2D eigenvalue weighted by Gasteiger charge is 2.17. The molecule has 0 N–H and O–H groups in total. The number of oxazole rings is 1. The Bertz CT molecular complexity index is 1140. The lowest BCUT2D eigenvalue weighted by atomic mass is 10.2. The van der Waals surface area contributed by atoms with E-state index < -0.39 is 5.76 Å². The number of nitrogens with zero attached hydrogens (tertiary/aromatic N) is 4. The number of para-hydroxylation sites is 2. The number of carbonyl (C=O) groups is 1. The largest absolute Gasteiger partial charge is 0.420 e. The summed E-state index contributed by atoms with van der Waals surface area (Å²) >= 11 is 0. The molecule has 27 heavy (non-hydrogen) atoms. The lowest BCUT2D eigenvalue weighted by molar-refractivity contribution is -0.131. The molecule has 4 rings (SSSR count). The summed E-state index contributed by atoms with van der Waals surface area (Å²) in [5.41, 5.74) is 2.52. The number of aromatic nitrogens is 3. The predicted molar refractivity (Wildman–Crippen MR) is 96.7 cm³/mol. The van der Waals surface area contributed by atoms with Crippen LogP contribution in [0.1, 0.15) is 5.76 Å². The Morgan fingerprint density at radius 3 is 2.89 bits per heavy atom. The van der Waals surface area contributed by atoms with Gasteiger partial charge in [-0.3, -0.25) is 14.3 Å². The molecule has 0 atom stereocenters. The van der Waals surface area contributed by atoms with Crippen LogP contribution in [-0.4, -0.2) is 32.6 Å². The fourth-order valence-corrected chi connectivity index (χ4v) is 2.78. The van der Waals surface area contributed by atoms with Crippen LogP contribution in [0.5, 0.6) is 0 Å². The smallest absolute Gasteiger partial charge is 0.408 e. The first-order valence-corrected chi connectivity index (χ1v) is 8.30. The average Bonchev–Trinajstić information content (AvgIpc) is 3.27. The molecular formula is C19H16N4O4. The summed E-state index contributed by atoms with van der Waals surface area (Å²) in [6, 6.07) is 12.4. The van der Waals surface area contributed by atoms with E-state index in [-0.39, 0.29) is 19.0 Å². The first-order valence-electron chi connectivity index (χ1n) is 8.30. The summed E-state index contributed by atoms with van der Waals surface area (Å²) in [4.78, 5) is 30.1. The van der Waals surface area contributed by atoms with E-state index >= 15 is 0 Å². The van der Waals surface area contributed by atoms with E-state index in [4.69, 9.17) is 8.94 Å². The van der Waals surface area contributed by atoms with Crippen LogP contribution in [0.25, 0.3) is 22.4 Å². The van der Waals surface area contributed by atoms with Crippen molar-refractivity contribution in [1.82, 2.24) is 19.6 Å². The Morgan fingerprint density at radius 2 is 2.07 bits per heavy atom. The molecule has 1 aromatic carbocycles. The normalized spacial score (nSPS) is 11.0. The van der Waals surface area contributed by atoms with E-state index in [1.165, 1.54) is 9.47 Å². The Labute approximate surface area is 153 Å². The van der Waals surface area contributed by atoms with Crippen molar-refractivity contribution in [1.29, 1.82) is 0 Å². The SMILES string of the molecule is CN(Cc1cc(-c2cccnc2)no1)C(=O)Cn1c(=O)oc2ccccc21. The third-order valence-corrected chi connectivity index (χ3v) is 4.20. The van der Waals surface area contributed by atoms with E-state index in [0.29, 0.717) is 22.6 Å². The molecule has 136 valence electrons. The topological polar surface area (TPSA) is 94.4 Å². The molecule has 0 bridgehead atoms. The van der Waals surface area contributed by atoms with Crippen molar-refractivity contribution in [2.45, 2.75) is 13.1 Å². The van der Waals surface area contributed by atoms with Gasteiger partial charge in [-0.25, -0.2) is 4.79 Å². The number of likely N-dealkylation sites (N-methyl/N-ethyl adjacent to an activating group) is 1. The van der Waals surface area contributed by atoms with Gasteiger partial charge in [-0.2, -0.15) is 0 Å². The van der Waals surface area contributed by atoms with Gasteiger partial charge in [0.2, 0.25) is 5.91 Å². The molecule has 8 nitrogen and oxygen atoms in total. The first-order chi connectivity index (χ1) is 13.1. The minimum Gasteiger partial charge on any atom is -0.408 e. The minimum atomic E-state index is -0.559. The molecule has 0 unspecified atom stereocenters. The van der Waals surface area contributed by atoms with E-state index in [1.807, 2.05) is 12.1 Å². The summed E-state index contributed by atoms with van der Waals surface area (Å²) in [5, 5.41) is 4.01. The van der Waals surface area contributed by atoms with Gasteiger partial charge in [-0.15, -0.1) is 0 Å². The predicted octanol–water partition coefficient (Wildman–Crippen LogP) is 2.30. The zero-order chi connectivity index (χ0) is 18.8. The number of hydrogen-bond donors (Lipinski definition) is 0. The van der Waals surface area contributed by atoms with Gasteiger partial charge in [0, 0.05) is 31.1 Å². The molecule has 0 aliphatic rings. The van der Waals surface area contributed by atoms with Crippen molar-refractivity contribution in [3.63, 3.8) is 0 Å². The number of carbonyl (C=O) groups excluding carboxylic acids is 1. The van der Waals surface area contributed by atoms with Crippen molar-refractivity contribution < 1.29 is 13.7 Å². The summed E-state index contributed by atoms with van der Waals surface area (Å²) in [7, 11) is 1.64. The molecule has 3 heterocycles. The minimum absolute atomic E-state index is 0.115. The molecular weight excluding hydrogens is 348 g/mol. The Kier molecular flexibility index (Phi) is 4.29. The van der Waals surface area contributed by atoms with Crippen LogP contribution in [0.2, 0.25) is 0 Å². The molecule has 0 aliphatic heterocycles. The molecule has 8 heteroatoms. The summed E-state index contributed by atoms with van der Waals surface area (Å²) < 4.78 is 11.8. The van der Waals surface area contributed by atoms with Gasteiger partial charge >= 0.3 is 5.76 Å². The standard InChI is InChI=1S/C19H16N4O4/c1-22(11-14-9-15(21-27-14)13-5-4-8-20-10-13)18(24)12-23-16-6-2-3-7-17(16)26-19(23)25/h2-10H,11-12H2,1H3. The Hall–Kier alpha value is -3.68. The number of rotatable bonds is 5. The fourth-order valence-electron chi connectivity index (χ4n) is 2.78. The van der Waals surface area contributed by atoms with E-state index in [1.54, 1.807) is 49.8 Å². The average molecular weight is 364 g/mol. The van der Waals surface area contributed by atoms with Crippen LogP contribution in [0.4, 0.5) is 0 Å². The van der Waals surface area contributed by atoms with Gasteiger partial charge in [0.15, 0.2) is 11.3 Å². The van der Waals surface area contributed by atoms with E-state index in [9.17, 15) is 9.59 Å². The number of hydrogen-bond acceptors (Lipinski definition) is 6. The van der Waals surface area contributed by atoms with Crippen LogP contribution < -0.4 is 5.76 Å². The monoisotopic (exact) mass is 364 g/mol. The highest BCUT2D eigenvalue weighted by Crippen LogP contribution is 2.18. The summed E-state index contributed by atoms with van der Waals surface area (Å²) in [6.07, 6.45) is 3.37. The van der Waals surface area contributed by atoms with E-state index in [2.05, 4.69) is 10.1 Å². The van der Waals surface area contributed by atoms with Crippen molar-refractivity contribution >= 4 is 17.0 Å². The van der Waals surface area contributed by atoms with Gasteiger partial charge in [0.25, 0.3) is 0 Å². The number of benzene rings is 1. The maximum absolute atomic E-state index is 12.5. The van der Waals surface area contributed by atoms with Crippen LogP contribution >= 0.6 is 0 Å². The van der Waals surface area contributed by atoms with Gasteiger partial charge in [-0.05, 0) is 24.3 Å². The van der Waals surface area contributed by atoms with Crippen molar-refractivity contribution in [3.8, 4) is 11.3 Å². The zero-order valence-corrected chi connectivity index (χ0v) is 14.5. The number of pyridine rings is 1. The van der Waals surface area contributed by atoms with Gasteiger partial charge in [0.1, 0.15) is 12.2 Å². The molecule has 1 amide bonds. The van der Waals surface area contributed by atoms with Gasteiger partial charge < -0.3 is 13.8 Å². The van der Waals surface area contributed by atoms with Crippen LogP contribution in [0, 0.1) is 0 Å². The highest BCUT2D eigenvalue weighted by atomic mass is 16.5. The third kappa shape index (κ3) is 3.37. The molecule has 0 saturated carbocycles. The highest BCUT2D eigenvalue weighted by molar-refractivity contribution is 5.79. The second-order valence-corrected chi connectivity index (χ2v) is 6.09. The van der Waals surface area contributed by atoms with Crippen molar-refractivity contribution in [2.75, 3.05) is 7.05 Å².